The van der Waals surface area contributed by atoms with E-state index < -0.39 is 17.4 Å². The van der Waals surface area contributed by atoms with Crippen molar-refractivity contribution in [3.8, 4) is 5.75 Å². The first-order chi connectivity index (χ1) is 9.47. The molecule has 0 saturated heterocycles. The number of phenolic OH excluding ortho intramolecular Hbond substituents is 1. The molecule has 2 nitrogen and oxygen atoms in total. The Balaban J connectivity index is 2.03. The van der Waals surface area contributed by atoms with E-state index in [0.29, 0.717) is 12.1 Å². The van der Waals surface area contributed by atoms with Crippen molar-refractivity contribution in [2.24, 2.45) is 0 Å². The molecule has 0 heterocycles. The number of hydrogen-bond donors (Lipinski definition) is 2. The van der Waals surface area contributed by atoms with Gasteiger partial charge in [-0.25, -0.2) is 8.78 Å². The van der Waals surface area contributed by atoms with Crippen LogP contribution in [0, 0.1) is 11.6 Å². The zero-order valence-corrected chi connectivity index (χ0v) is 12.4. The molecule has 0 aliphatic rings. The van der Waals surface area contributed by atoms with Gasteiger partial charge >= 0.3 is 0 Å². The van der Waals surface area contributed by atoms with E-state index in [1.54, 1.807) is 0 Å². The Kier molecular flexibility index (Phi) is 4.73. The third-order valence-electron chi connectivity index (χ3n) is 3.06. The third-order valence-corrected chi connectivity index (χ3v) is 3.59. The smallest absolute Gasteiger partial charge is 0.187 e. The molecule has 0 aliphatic heterocycles. The summed E-state index contributed by atoms with van der Waals surface area (Å²) in [5.41, 5.74) is 1.52. The van der Waals surface area contributed by atoms with E-state index in [1.165, 1.54) is 0 Å². The molecule has 20 heavy (non-hydrogen) atoms. The van der Waals surface area contributed by atoms with Crippen LogP contribution >= 0.6 is 15.9 Å². The van der Waals surface area contributed by atoms with Crippen LogP contribution < -0.4 is 5.32 Å². The van der Waals surface area contributed by atoms with Crippen LogP contribution in [-0.2, 0) is 6.54 Å². The molecule has 2 aromatic rings. The van der Waals surface area contributed by atoms with Crippen molar-refractivity contribution in [1.82, 2.24) is 5.32 Å². The predicted molar refractivity (Wildman–Crippen MR) is 77.4 cm³/mol. The molecule has 0 aliphatic carbocycles. The first kappa shape index (κ1) is 14.9. The van der Waals surface area contributed by atoms with Crippen molar-refractivity contribution in [2.75, 3.05) is 0 Å². The summed E-state index contributed by atoms with van der Waals surface area (Å²) in [6.07, 6.45) is 0. The lowest BCUT2D eigenvalue weighted by Crippen LogP contribution is -2.18. The fraction of sp³-hybridized carbons (Fsp3) is 0.200. The fourth-order valence-electron chi connectivity index (χ4n) is 1.86. The second-order valence-corrected chi connectivity index (χ2v) is 5.48. The summed E-state index contributed by atoms with van der Waals surface area (Å²) in [7, 11) is 0. The molecular weight excluding hydrogens is 328 g/mol. The monoisotopic (exact) mass is 341 g/mol. The molecular formula is C15H14BrF2NO. The van der Waals surface area contributed by atoms with E-state index in [9.17, 15) is 8.78 Å². The molecule has 0 amide bonds. The topological polar surface area (TPSA) is 32.3 Å². The van der Waals surface area contributed by atoms with Gasteiger partial charge < -0.3 is 10.4 Å². The number of rotatable bonds is 4. The number of benzene rings is 2. The van der Waals surface area contributed by atoms with Gasteiger partial charge in [0.2, 0.25) is 0 Å². The lowest BCUT2D eigenvalue weighted by Gasteiger charge is -2.14. The van der Waals surface area contributed by atoms with E-state index in [1.807, 2.05) is 31.2 Å². The molecule has 1 atom stereocenters. The Morgan fingerprint density at radius 2 is 1.70 bits per heavy atom. The maximum absolute atomic E-state index is 13.2. The van der Waals surface area contributed by atoms with Crippen molar-refractivity contribution in [2.45, 2.75) is 19.5 Å². The Morgan fingerprint density at radius 3 is 2.25 bits per heavy atom. The van der Waals surface area contributed by atoms with Gasteiger partial charge in [0.25, 0.3) is 0 Å². The number of halogens is 3. The lowest BCUT2D eigenvalue weighted by molar-refractivity contribution is 0.394. The van der Waals surface area contributed by atoms with Crippen molar-refractivity contribution in [1.29, 1.82) is 0 Å². The van der Waals surface area contributed by atoms with Gasteiger partial charge in [-0.1, -0.05) is 28.1 Å². The Labute approximate surface area is 124 Å². The second kappa shape index (κ2) is 6.33. The second-order valence-electron chi connectivity index (χ2n) is 4.56. The van der Waals surface area contributed by atoms with Gasteiger partial charge in [0, 0.05) is 17.1 Å². The molecule has 106 valence electrons. The van der Waals surface area contributed by atoms with E-state index >= 15 is 0 Å². The summed E-state index contributed by atoms with van der Waals surface area (Å²) in [6, 6.07) is 10.1. The first-order valence-corrected chi connectivity index (χ1v) is 6.92. The average molecular weight is 342 g/mol. The SMILES string of the molecule is C[C@@H](NCc1cc(F)c(O)c(F)c1)c1ccc(Br)cc1. The van der Waals surface area contributed by atoms with E-state index in [4.69, 9.17) is 5.11 Å². The van der Waals surface area contributed by atoms with Crippen molar-refractivity contribution < 1.29 is 13.9 Å². The highest BCUT2D eigenvalue weighted by molar-refractivity contribution is 9.10. The molecule has 0 aromatic heterocycles. The minimum Gasteiger partial charge on any atom is -0.503 e. The number of phenols is 1. The van der Waals surface area contributed by atoms with Crippen molar-refractivity contribution in [3.63, 3.8) is 0 Å². The zero-order valence-electron chi connectivity index (χ0n) is 10.8. The summed E-state index contributed by atoms with van der Waals surface area (Å²) in [4.78, 5) is 0. The van der Waals surface area contributed by atoms with Gasteiger partial charge in [-0.15, -0.1) is 0 Å². The van der Waals surface area contributed by atoms with Gasteiger partial charge in [-0.05, 0) is 42.3 Å². The summed E-state index contributed by atoms with van der Waals surface area (Å²) in [6.45, 7) is 2.28. The van der Waals surface area contributed by atoms with E-state index in [0.717, 1.165) is 22.2 Å². The van der Waals surface area contributed by atoms with E-state index in [-0.39, 0.29) is 6.04 Å². The number of aromatic hydroxyl groups is 1. The van der Waals surface area contributed by atoms with Crippen LogP contribution in [0.15, 0.2) is 40.9 Å². The minimum atomic E-state index is -0.946. The molecule has 0 saturated carbocycles. The Bertz CT molecular complexity index is 578. The Hall–Kier alpha value is -1.46. The molecule has 2 aromatic carbocycles. The van der Waals surface area contributed by atoms with Crippen LogP contribution in [-0.4, -0.2) is 5.11 Å². The largest absolute Gasteiger partial charge is 0.503 e. The Morgan fingerprint density at radius 1 is 1.15 bits per heavy atom. The first-order valence-electron chi connectivity index (χ1n) is 6.13. The molecule has 0 radical (unpaired) electrons. The highest BCUT2D eigenvalue weighted by atomic mass is 79.9. The lowest BCUT2D eigenvalue weighted by atomic mass is 10.1. The highest BCUT2D eigenvalue weighted by Crippen LogP contribution is 2.22. The quantitative estimate of drug-likeness (QED) is 0.869. The van der Waals surface area contributed by atoms with Gasteiger partial charge in [0.1, 0.15) is 0 Å². The zero-order chi connectivity index (χ0) is 14.7. The third kappa shape index (κ3) is 3.55. The molecule has 0 spiro atoms. The summed E-state index contributed by atoms with van der Waals surface area (Å²) in [5, 5.41) is 12.2. The number of hydrogen-bond acceptors (Lipinski definition) is 2. The van der Waals surface area contributed by atoms with Crippen LogP contribution in [0.25, 0.3) is 0 Å². The molecule has 5 heteroatoms. The maximum Gasteiger partial charge on any atom is 0.187 e. The normalized spacial score (nSPS) is 12.4. The molecule has 0 fully saturated rings. The molecule has 2 N–H and O–H groups in total. The maximum atomic E-state index is 13.2. The standard InChI is InChI=1S/C15H14BrF2NO/c1-9(11-2-4-12(16)5-3-11)19-8-10-6-13(17)15(20)14(18)7-10/h2-7,9,19-20H,8H2,1H3/t9-/m1/s1. The highest BCUT2D eigenvalue weighted by Gasteiger charge is 2.10. The van der Waals surface area contributed by atoms with Gasteiger partial charge in [0.05, 0.1) is 0 Å². The molecule has 0 unspecified atom stereocenters. The molecule has 0 bridgehead atoms. The number of nitrogens with one attached hydrogen (secondary N) is 1. The van der Waals surface area contributed by atoms with Crippen molar-refractivity contribution >= 4 is 15.9 Å². The van der Waals surface area contributed by atoms with Crippen LogP contribution in [0.1, 0.15) is 24.1 Å². The molecule has 2 rings (SSSR count). The van der Waals surface area contributed by atoms with Crippen LogP contribution in [0.4, 0.5) is 8.78 Å². The summed E-state index contributed by atoms with van der Waals surface area (Å²) in [5.74, 6) is -2.83. The fourth-order valence-corrected chi connectivity index (χ4v) is 2.12. The van der Waals surface area contributed by atoms with Crippen LogP contribution in [0.5, 0.6) is 5.75 Å². The predicted octanol–water partition coefficient (Wildman–Crippen LogP) is 4.28. The average Bonchev–Trinajstić information content (AvgIpc) is 2.42. The summed E-state index contributed by atoms with van der Waals surface area (Å²) < 4.78 is 27.4. The van der Waals surface area contributed by atoms with Gasteiger partial charge in [0.15, 0.2) is 17.4 Å². The minimum absolute atomic E-state index is 0.0445. The van der Waals surface area contributed by atoms with Crippen molar-refractivity contribution in [3.05, 3.63) is 63.6 Å². The van der Waals surface area contributed by atoms with E-state index in [2.05, 4.69) is 21.2 Å². The van der Waals surface area contributed by atoms with Gasteiger partial charge in [-0.2, -0.15) is 0 Å². The van der Waals surface area contributed by atoms with Crippen LogP contribution in [0.2, 0.25) is 0 Å². The van der Waals surface area contributed by atoms with Gasteiger partial charge in [-0.3, -0.25) is 0 Å². The van der Waals surface area contributed by atoms with Crippen LogP contribution in [0.3, 0.4) is 0 Å². The summed E-state index contributed by atoms with van der Waals surface area (Å²) >= 11 is 3.37.